The number of nitrogens with zero attached hydrogens (tertiary/aromatic N) is 4. The van der Waals surface area contributed by atoms with E-state index >= 15 is 0 Å². The van der Waals surface area contributed by atoms with Gasteiger partial charge in [0.15, 0.2) is 0 Å². The van der Waals surface area contributed by atoms with E-state index in [0.717, 1.165) is 56.9 Å². The Morgan fingerprint density at radius 2 is 2.04 bits per heavy atom. The quantitative estimate of drug-likeness (QED) is 0.817. The zero-order valence-corrected chi connectivity index (χ0v) is 17.5. The van der Waals surface area contributed by atoms with Gasteiger partial charge in [0.2, 0.25) is 5.91 Å². The maximum absolute atomic E-state index is 12.6. The number of rotatable bonds is 5. The number of fused-ring (bicyclic) bond motifs is 1. The van der Waals surface area contributed by atoms with Crippen LogP contribution in [0.2, 0.25) is 5.02 Å². The molecule has 2 aromatic rings. The predicted molar refractivity (Wildman–Crippen MR) is 111 cm³/mol. The van der Waals surface area contributed by atoms with Gasteiger partial charge in [-0.2, -0.15) is 0 Å². The molecule has 0 radical (unpaired) electrons. The lowest BCUT2D eigenvalue weighted by Gasteiger charge is -2.27. The van der Waals surface area contributed by atoms with Crippen molar-refractivity contribution in [2.45, 2.75) is 39.3 Å². The first-order chi connectivity index (χ1) is 12.5. The Bertz CT molecular complexity index is 766. The number of hydrogen-bond acceptors (Lipinski definition) is 4. The molecule has 2 aromatic heterocycles. The van der Waals surface area contributed by atoms with Gasteiger partial charge in [-0.25, -0.2) is 4.98 Å². The first kappa shape index (κ1) is 22.0. The zero-order valence-electron chi connectivity index (χ0n) is 16.0. The Morgan fingerprint density at radius 3 is 2.78 bits per heavy atom. The molecule has 6 nitrogen and oxygen atoms in total. The van der Waals surface area contributed by atoms with E-state index in [1.54, 1.807) is 0 Å². The minimum absolute atomic E-state index is 0. The lowest BCUT2D eigenvalue weighted by atomic mass is 9.99. The molecular formula is C19H29Cl2N5O. The van der Waals surface area contributed by atoms with Crippen LogP contribution in [0.15, 0.2) is 24.5 Å². The van der Waals surface area contributed by atoms with Crippen LogP contribution in [0.5, 0.6) is 0 Å². The van der Waals surface area contributed by atoms with Gasteiger partial charge in [0, 0.05) is 45.1 Å². The molecule has 2 atom stereocenters. The fraction of sp³-hybridized carbons (Fsp3) is 0.579. The van der Waals surface area contributed by atoms with Gasteiger partial charge in [0.25, 0.3) is 0 Å². The van der Waals surface area contributed by atoms with Crippen LogP contribution in [0.25, 0.3) is 5.65 Å². The second-order valence-corrected chi connectivity index (χ2v) is 7.65. The average Bonchev–Trinajstić information content (AvgIpc) is 2.87. The van der Waals surface area contributed by atoms with Crippen LogP contribution in [0.4, 0.5) is 0 Å². The Labute approximate surface area is 172 Å². The standard InChI is InChI=1S/C19H28ClN5O.ClH/c1-3-14(2)18(21)19(26)24-8-4-7-23(9-10-24)12-16-13-25-11-15(20)5-6-17(25)22-16;/h5-6,11,13-14,18H,3-4,7-10,12,21H2,1-2H3;1H. The molecule has 2 unspecified atom stereocenters. The normalized spacial score (nSPS) is 18.0. The molecule has 0 bridgehead atoms. The molecule has 8 heteroatoms. The van der Waals surface area contributed by atoms with E-state index in [9.17, 15) is 4.79 Å². The van der Waals surface area contributed by atoms with Crippen molar-refractivity contribution >= 4 is 35.6 Å². The number of imidazole rings is 1. The molecule has 1 aliphatic heterocycles. The number of halogens is 2. The van der Waals surface area contributed by atoms with Crippen LogP contribution in [0.3, 0.4) is 0 Å². The van der Waals surface area contributed by atoms with Crippen molar-refractivity contribution in [1.29, 1.82) is 0 Å². The molecular weight excluding hydrogens is 385 g/mol. The van der Waals surface area contributed by atoms with E-state index in [0.29, 0.717) is 5.02 Å². The molecule has 1 amide bonds. The molecule has 27 heavy (non-hydrogen) atoms. The summed E-state index contributed by atoms with van der Waals surface area (Å²) >= 11 is 6.04. The van der Waals surface area contributed by atoms with Crippen molar-refractivity contribution in [2.75, 3.05) is 26.2 Å². The summed E-state index contributed by atoms with van der Waals surface area (Å²) in [6.07, 6.45) is 5.77. The molecule has 3 rings (SSSR count). The number of aromatic nitrogens is 2. The molecule has 150 valence electrons. The molecule has 0 spiro atoms. The number of pyridine rings is 1. The van der Waals surface area contributed by atoms with E-state index in [1.165, 1.54) is 0 Å². The maximum Gasteiger partial charge on any atom is 0.239 e. The van der Waals surface area contributed by atoms with Gasteiger partial charge in [0.05, 0.1) is 16.8 Å². The topological polar surface area (TPSA) is 66.9 Å². The van der Waals surface area contributed by atoms with E-state index < -0.39 is 6.04 Å². The molecule has 2 N–H and O–H groups in total. The van der Waals surface area contributed by atoms with Gasteiger partial charge in [-0.3, -0.25) is 9.69 Å². The first-order valence-corrected chi connectivity index (χ1v) is 9.75. The second kappa shape index (κ2) is 9.73. The summed E-state index contributed by atoms with van der Waals surface area (Å²) in [5.74, 6) is 0.301. The summed E-state index contributed by atoms with van der Waals surface area (Å²) in [6, 6.07) is 3.38. The predicted octanol–water partition coefficient (Wildman–Crippen LogP) is 2.82. The molecule has 0 saturated carbocycles. The van der Waals surface area contributed by atoms with Crippen molar-refractivity contribution in [3.63, 3.8) is 0 Å². The Hall–Kier alpha value is -1.34. The number of nitrogens with two attached hydrogens (primary N) is 1. The third-order valence-corrected chi connectivity index (χ3v) is 5.52. The largest absolute Gasteiger partial charge is 0.340 e. The maximum atomic E-state index is 12.6. The minimum Gasteiger partial charge on any atom is -0.340 e. The molecule has 1 saturated heterocycles. The van der Waals surface area contributed by atoms with Crippen molar-refractivity contribution in [2.24, 2.45) is 11.7 Å². The van der Waals surface area contributed by atoms with E-state index in [1.807, 2.05) is 40.8 Å². The van der Waals surface area contributed by atoms with Crippen molar-refractivity contribution < 1.29 is 4.79 Å². The zero-order chi connectivity index (χ0) is 18.7. The number of carbonyl (C=O) groups excluding carboxylic acids is 1. The van der Waals surface area contributed by atoms with Crippen LogP contribution in [-0.4, -0.2) is 57.3 Å². The highest BCUT2D eigenvalue weighted by molar-refractivity contribution is 6.30. The minimum atomic E-state index is -0.394. The van der Waals surface area contributed by atoms with Crippen LogP contribution in [0, 0.1) is 5.92 Å². The van der Waals surface area contributed by atoms with E-state index in [4.69, 9.17) is 17.3 Å². The van der Waals surface area contributed by atoms with Gasteiger partial charge in [-0.15, -0.1) is 12.4 Å². The monoisotopic (exact) mass is 413 g/mol. The first-order valence-electron chi connectivity index (χ1n) is 9.37. The van der Waals surface area contributed by atoms with Crippen LogP contribution in [0.1, 0.15) is 32.4 Å². The van der Waals surface area contributed by atoms with Gasteiger partial charge < -0.3 is 15.0 Å². The highest BCUT2D eigenvalue weighted by Crippen LogP contribution is 2.15. The van der Waals surface area contributed by atoms with E-state index in [-0.39, 0.29) is 24.2 Å². The Morgan fingerprint density at radius 1 is 1.26 bits per heavy atom. The fourth-order valence-corrected chi connectivity index (χ4v) is 3.55. The summed E-state index contributed by atoms with van der Waals surface area (Å²) in [6.45, 7) is 8.19. The smallest absolute Gasteiger partial charge is 0.239 e. The average molecular weight is 414 g/mol. The lowest BCUT2D eigenvalue weighted by Crippen LogP contribution is -2.48. The van der Waals surface area contributed by atoms with Crippen molar-refractivity contribution in [1.82, 2.24) is 19.2 Å². The molecule has 0 aromatic carbocycles. The summed E-state index contributed by atoms with van der Waals surface area (Å²) in [5, 5.41) is 0.697. The second-order valence-electron chi connectivity index (χ2n) is 7.21. The summed E-state index contributed by atoms with van der Waals surface area (Å²) in [5.41, 5.74) is 8.05. The van der Waals surface area contributed by atoms with Gasteiger partial charge >= 0.3 is 0 Å². The number of carbonyl (C=O) groups is 1. The van der Waals surface area contributed by atoms with Gasteiger partial charge in [-0.05, 0) is 24.5 Å². The van der Waals surface area contributed by atoms with Gasteiger partial charge in [0.1, 0.15) is 5.65 Å². The van der Waals surface area contributed by atoms with Crippen LogP contribution < -0.4 is 5.73 Å². The fourth-order valence-electron chi connectivity index (χ4n) is 3.38. The molecule has 0 aliphatic carbocycles. The third kappa shape index (κ3) is 5.35. The SMILES string of the molecule is CCC(C)C(N)C(=O)N1CCCN(Cc2cn3cc(Cl)ccc3n2)CC1.Cl. The summed E-state index contributed by atoms with van der Waals surface area (Å²) < 4.78 is 1.95. The van der Waals surface area contributed by atoms with Crippen molar-refractivity contribution in [3.05, 3.63) is 35.2 Å². The highest BCUT2D eigenvalue weighted by Gasteiger charge is 2.26. The van der Waals surface area contributed by atoms with Crippen LogP contribution in [-0.2, 0) is 11.3 Å². The highest BCUT2D eigenvalue weighted by atomic mass is 35.5. The Kier molecular flexibility index (Phi) is 7.91. The van der Waals surface area contributed by atoms with Gasteiger partial charge in [-0.1, -0.05) is 31.9 Å². The Balaban J connectivity index is 0.00000261. The van der Waals surface area contributed by atoms with E-state index in [2.05, 4.69) is 16.8 Å². The molecule has 1 aliphatic rings. The molecule has 3 heterocycles. The number of amides is 1. The lowest BCUT2D eigenvalue weighted by molar-refractivity contribution is -0.133. The summed E-state index contributed by atoms with van der Waals surface area (Å²) in [4.78, 5) is 21.6. The number of hydrogen-bond donors (Lipinski definition) is 1. The third-order valence-electron chi connectivity index (χ3n) is 5.29. The molecule has 1 fully saturated rings. The van der Waals surface area contributed by atoms with Crippen molar-refractivity contribution in [3.8, 4) is 0 Å². The van der Waals surface area contributed by atoms with Crippen LogP contribution >= 0.6 is 24.0 Å². The summed E-state index contributed by atoms with van der Waals surface area (Å²) in [7, 11) is 0.